The molecule has 2 nitrogen and oxygen atoms in total. The molecule has 0 aliphatic carbocycles. The Balaban J connectivity index is 3.21. The minimum Gasteiger partial charge on any atom is -0.377 e. The average Bonchev–Trinajstić information content (AvgIpc) is 1.98. The first-order valence-corrected chi connectivity index (χ1v) is 4.52. The maximum atomic E-state index is 5.53. The van der Waals surface area contributed by atoms with E-state index < -0.39 is 0 Å². The summed E-state index contributed by atoms with van der Waals surface area (Å²) in [6, 6.07) is 0. The smallest absolute Gasteiger partial charge is 0.0694 e. The fraction of sp³-hybridized carbons (Fsp3) is 1.00. The Hall–Kier alpha value is -0.0800. The first kappa shape index (κ1) is 10.9. The standard InChI is InChI=1S/C9H21NO/c1-4-9(7-10)11-6-5-8(2)3/h8-9H,4-7,10H2,1-3H3. The van der Waals surface area contributed by atoms with Gasteiger partial charge in [0.1, 0.15) is 0 Å². The maximum absolute atomic E-state index is 5.53. The van der Waals surface area contributed by atoms with E-state index >= 15 is 0 Å². The van der Waals surface area contributed by atoms with E-state index in [1.807, 2.05) is 0 Å². The van der Waals surface area contributed by atoms with Crippen molar-refractivity contribution in [3.63, 3.8) is 0 Å². The van der Waals surface area contributed by atoms with Crippen molar-refractivity contribution in [1.29, 1.82) is 0 Å². The van der Waals surface area contributed by atoms with Crippen LogP contribution >= 0.6 is 0 Å². The molecule has 0 aromatic heterocycles. The van der Waals surface area contributed by atoms with Crippen LogP contribution in [0.1, 0.15) is 33.6 Å². The van der Waals surface area contributed by atoms with Gasteiger partial charge in [-0.25, -0.2) is 0 Å². The van der Waals surface area contributed by atoms with Crippen LogP contribution in [-0.2, 0) is 4.74 Å². The highest BCUT2D eigenvalue weighted by Crippen LogP contribution is 2.02. The van der Waals surface area contributed by atoms with Crippen LogP contribution in [0.4, 0.5) is 0 Å². The molecule has 0 bridgehead atoms. The van der Waals surface area contributed by atoms with E-state index in [9.17, 15) is 0 Å². The number of ether oxygens (including phenoxy) is 1. The first-order valence-electron chi connectivity index (χ1n) is 4.52. The van der Waals surface area contributed by atoms with Gasteiger partial charge in [-0.2, -0.15) is 0 Å². The van der Waals surface area contributed by atoms with Crippen LogP contribution in [0, 0.1) is 5.92 Å². The number of hydrogen-bond acceptors (Lipinski definition) is 2. The van der Waals surface area contributed by atoms with E-state index in [4.69, 9.17) is 10.5 Å². The summed E-state index contributed by atoms with van der Waals surface area (Å²) in [7, 11) is 0. The highest BCUT2D eigenvalue weighted by Gasteiger charge is 2.02. The van der Waals surface area contributed by atoms with Crippen molar-refractivity contribution < 1.29 is 4.74 Å². The van der Waals surface area contributed by atoms with Crippen LogP contribution < -0.4 is 5.73 Å². The van der Waals surface area contributed by atoms with Gasteiger partial charge < -0.3 is 10.5 Å². The Kier molecular flexibility index (Phi) is 6.57. The molecule has 0 aliphatic heterocycles. The molecule has 0 rings (SSSR count). The zero-order valence-electron chi connectivity index (χ0n) is 7.97. The predicted molar refractivity (Wildman–Crippen MR) is 48.5 cm³/mol. The average molecular weight is 159 g/mol. The minimum absolute atomic E-state index is 0.272. The minimum atomic E-state index is 0.272. The van der Waals surface area contributed by atoms with E-state index in [0.29, 0.717) is 6.54 Å². The molecule has 0 aliphatic rings. The molecule has 2 N–H and O–H groups in total. The molecular formula is C9H21NO. The molecule has 0 saturated heterocycles. The van der Waals surface area contributed by atoms with Gasteiger partial charge in [0.25, 0.3) is 0 Å². The lowest BCUT2D eigenvalue weighted by molar-refractivity contribution is 0.0499. The van der Waals surface area contributed by atoms with E-state index in [2.05, 4.69) is 20.8 Å². The van der Waals surface area contributed by atoms with Crippen molar-refractivity contribution in [2.45, 2.75) is 39.7 Å². The Labute approximate surface area is 70.1 Å². The molecule has 0 amide bonds. The maximum Gasteiger partial charge on any atom is 0.0694 e. The Morgan fingerprint density at radius 2 is 2.00 bits per heavy atom. The molecule has 1 unspecified atom stereocenters. The zero-order valence-corrected chi connectivity index (χ0v) is 7.97. The van der Waals surface area contributed by atoms with Crippen LogP contribution in [0.5, 0.6) is 0 Å². The quantitative estimate of drug-likeness (QED) is 0.641. The van der Waals surface area contributed by atoms with Gasteiger partial charge in [0.2, 0.25) is 0 Å². The number of nitrogens with two attached hydrogens (primary N) is 1. The van der Waals surface area contributed by atoms with Crippen molar-refractivity contribution in [1.82, 2.24) is 0 Å². The Bertz CT molecular complexity index is 79.6. The van der Waals surface area contributed by atoms with Crippen LogP contribution in [0.2, 0.25) is 0 Å². The predicted octanol–water partition coefficient (Wildman–Crippen LogP) is 1.79. The molecule has 68 valence electrons. The van der Waals surface area contributed by atoms with E-state index in [0.717, 1.165) is 25.4 Å². The highest BCUT2D eigenvalue weighted by atomic mass is 16.5. The van der Waals surface area contributed by atoms with Crippen LogP contribution in [0.3, 0.4) is 0 Å². The lowest BCUT2D eigenvalue weighted by atomic mass is 10.1. The summed E-state index contributed by atoms with van der Waals surface area (Å²) in [6.07, 6.45) is 2.43. The monoisotopic (exact) mass is 159 g/mol. The molecule has 0 radical (unpaired) electrons. The normalized spacial score (nSPS) is 13.9. The van der Waals surface area contributed by atoms with Crippen molar-refractivity contribution in [2.24, 2.45) is 11.7 Å². The van der Waals surface area contributed by atoms with Gasteiger partial charge >= 0.3 is 0 Å². The van der Waals surface area contributed by atoms with Crippen LogP contribution in [0.25, 0.3) is 0 Å². The zero-order chi connectivity index (χ0) is 8.69. The lowest BCUT2D eigenvalue weighted by Gasteiger charge is -2.14. The first-order chi connectivity index (χ1) is 5.20. The second-order valence-corrected chi connectivity index (χ2v) is 3.32. The van der Waals surface area contributed by atoms with Gasteiger partial charge in [-0.1, -0.05) is 20.8 Å². The molecule has 0 heterocycles. The van der Waals surface area contributed by atoms with Gasteiger partial charge in [0.05, 0.1) is 6.10 Å². The molecule has 0 spiro atoms. The van der Waals surface area contributed by atoms with Crippen molar-refractivity contribution >= 4 is 0 Å². The number of hydrogen-bond donors (Lipinski definition) is 1. The third-order valence-electron chi connectivity index (χ3n) is 1.77. The topological polar surface area (TPSA) is 35.2 Å². The fourth-order valence-corrected chi connectivity index (χ4v) is 0.823. The van der Waals surface area contributed by atoms with E-state index in [1.165, 1.54) is 0 Å². The van der Waals surface area contributed by atoms with E-state index in [1.54, 1.807) is 0 Å². The lowest BCUT2D eigenvalue weighted by Crippen LogP contribution is -2.23. The summed E-state index contributed by atoms with van der Waals surface area (Å²) in [5.41, 5.74) is 5.48. The molecule has 11 heavy (non-hydrogen) atoms. The summed E-state index contributed by atoms with van der Waals surface area (Å²) in [4.78, 5) is 0. The van der Waals surface area contributed by atoms with Gasteiger partial charge in [-0.3, -0.25) is 0 Å². The molecule has 0 aromatic carbocycles. The Morgan fingerprint density at radius 1 is 1.36 bits per heavy atom. The molecule has 0 saturated carbocycles. The fourth-order valence-electron chi connectivity index (χ4n) is 0.823. The molecule has 2 heteroatoms. The van der Waals surface area contributed by atoms with Crippen molar-refractivity contribution in [3.8, 4) is 0 Å². The van der Waals surface area contributed by atoms with Crippen molar-refractivity contribution in [3.05, 3.63) is 0 Å². The van der Waals surface area contributed by atoms with Gasteiger partial charge in [-0.05, 0) is 18.8 Å². The molecule has 0 fully saturated rings. The van der Waals surface area contributed by atoms with Crippen LogP contribution in [0.15, 0.2) is 0 Å². The largest absolute Gasteiger partial charge is 0.377 e. The van der Waals surface area contributed by atoms with Crippen LogP contribution in [-0.4, -0.2) is 19.3 Å². The van der Waals surface area contributed by atoms with Crippen molar-refractivity contribution in [2.75, 3.05) is 13.2 Å². The third kappa shape index (κ3) is 6.32. The SMILES string of the molecule is CCC(CN)OCCC(C)C. The van der Waals surface area contributed by atoms with Gasteiger partial charge in [-0.15, -0.1) is 0 Å². The highest BCUT2D eigenvalue weighted by molar-refractivity contribution is 4.55. The molecular weight excluding hydrogens is 138 g/mol. The molecule has 1 atom stereocenters. The summed E-state index contributed by atoms with van der Waals surface area (Å²) in [5, 5.41) is 0. The Morgan fingerprint density at radius 3 is 2.36 bits per heavy atom. The number of rotatable bonds is 6. The van der Waals surface area contributed by atoms with Gasteiger partial charge in [0, 0.05) is 13.2 Å². The summed E-state index contributed by atoms with van der Waals surface area (Å²) in [6.45, 7) is 8.01. The molecule has 0 aromatic rings. The summed E-state index contributed by atoms with van der Waals surface area (Å²) < 4.78 is 5.53. The second-order valence-electron chi connectivity index (χ2n) is 3.32. The summed E-state index contributed by atoms with van der Waals surface area (Å²) in [5.74, 6) is 0.727. The second kappa shape index (κ2) is 6.62. The summed E-state index contributed by atoms with van der Waals surface area (Å²) >= 11 is 0. The van der Waals surface area contributed by atoms with Gasteiger partial charge in [0.15, 0.2) is 0 Å². The third-order valence-corrected chi connectivity index (χ3v) is 1.77. The van der Waals surface area contributed by atoms with E-state index in [-0.39, 0.29) is 6.10 Å².